The van der Waals surface area contributed by atoms with Crippen molar-refractivity contribution in [3.05, 3.63) is 155 Å². The molecule has 242 valence electrons. The van der Waals surface area contributed by atoms with E-state index in [1.54, 1.807) is 42.5 Å². The van der Waals surface area contributed by atoms with Crippen LogP contribution >= 0.6 is 11.8 Å². The minimum absolute atomic E-state index is 0.0200. The number of hydrogen-bond donors (Lipinski definition) is 2. The van der Waals surface area contributed by atoms with E-state index in [0.29, 0.717) is 10.8 Å². The van der Waals surface area contributed by atoms with Gasteiger partial charge in [-0.1, -0.05) is 110 Å². The van der Waals surface area contributed by atoms with Crippen molar-refractivity contribution in [2.75, 3.05) is 5.75 Å². The standard InChI is InChI=1S/C37H36N2O6S2/c1-26-34(25-46-35-13-7-8-22-39(35)41)44-37(45-36(26)29-16-14-27(24-40)15-17-29)30-20-18-28(19-21-30)33-12-6-5-9-31(33)23-38-47(42,43)32-10-3-2-4-11-32/h2-22,26,34,36-38,40H,23-25H2,1H3/t26-,34+,36+,37+/m1/s1. The van der Waals surface area contributed by atoms with Crippen molar-refractivity contribution in [1.82, 2.24) is 4.72 Å². The number of hydrogen-bond acceptors (Lipinski definition) is 7. The summed E-state index contributed by atoms with van der Waals surface area (Å²) in [6, 6.07) is 37.1. The van der Waals surface area contributed by atoms with E-state index in [1.165, 1.54) is 18.0 Å². The predicted molar refractivity (Wildman–Crippen MR) is 181 cm³/mol. The number of nitrogens with zero attached hydrogens (tertiary/aromatic N) is 1. The summed E-state index contributed by atoms with van der Waals surface area (Å²) in [6.07, 6.45) is 0.333. The van der Waals surface area contributed by atoms with E-state index in [4.69, 9.17) is 9.47 Å². The molecule has 1 saturated heterocycles. The lowest BCUT2D eigenvalue weighted by atomic mass is 9.91. The van der Waals surface area contributed by atoms with Crippen LogP contribution in [0, 0.1) is 11.1 Å². The SMILES string of the molecule is C[C@@H]1[C@H](CSc2cccc[n+]2[O-])O[C@H](c2ccc(-c3ccccc3CNS(=O)(=O)c3ccccc3)cc2)O[C@@H]1c1ccc(CO)cc1. The topological polar surface area (TPSA) is 112 Å². The number of thioether (sulfide) groups is 1. The highest BCUT2D eigenvalue weighted by atomic mass is 32.2. The molecule has 2 heterocycles. The third kappa shape index (κ3) is 7.76. The highest BCUT2D eigenvalue weighted by Gasteiger charge is 2.38. The number of aliphatic hydroxyl groups is 1. The molecule has 47 heavy (non-hydrogen) atoms. The number of ether oxygens (including phenoxy) is 2. The zero-order valence-electron chi connectivity index (χ0n) is 25.8. The van der Waals surface area contributed by atoms with E-state index in [2.05, 4.69) is 11.6 Å². The molecule has 0 radical (unpaired) electrons. The van der Waals surface area contributed by atoms with E-state index >= 15 is 0 Å². The molecule has 0 aliphatic carbocycles. The molecule has 1 aliphatic rings. The van der Waals surface area contributed by atoms with Crippen LogP contribution in [0.25, 0.3) is 11.1 Å². The maximum atomic E-state index is 12.9. The zero-order chi connectivity index (χ0) is 32.8. The minimum Gasteiger partial charge on any atom is -0.618 e. The summed E-state index contributed by atoms with van der Waals surface area (Å²) < 4.78 is 42.5. The first-order valence-corrected chi connectivity index (χ1v) is 17.8. The molecule has 0 unspecified atom stereocenters. The lowest BCUT2D eigenvalue weighted by Crippen LogP contribution is -2.39. The number of benzene rings is 4. The van der Waals surface area contributed by atoms with E-state index in [-0.39, 0.29) is 36.2 Å². The normalized spacial score (nSPS) is 19.8. The van der Waals surface area contributed by atoms with Crippen LogP contribution in [0.3, 0.4) is 0 Å². The molecule has 4 atom stereocenters. The van der Waals surface area contributed by atoms with Gasteiger partial charge in [0.1, 0.15) is 0 Å². The fourth-order valence-corrected chi connectivity index (χ4v) is 7.74. The van der Waals surface area contributed by atoms with Gasteiger partial charge in [-0.15, -0.1) is 0 Å². The van der Waals surface area contributed by atoms with Crippen molar-refractivity contribution in [2.24, 2.45) is 5.92 Å². The van der Waals surface area contributed by atoms with Gasteiger partial charge in [0.2, 0.25) is 10.0 Å². The van der Waals surface area contributed by atoms with Crippen LogP contribution in [0.4, 0.5) is 0 Å². The number of pyridine rings is 1. The first-order valence-electron chi connectivity index (χ1n) is 15.4. The third-order valence-electron chi connectivity index (χ3n) is 8.32. The van der Waals surface area contributed by atoms with Gasteiger partial charge >= 0.3 is 0 Å². The van der Waals surface area contributed by atoms with Crippen molar-refractivity contribution in [2.45, 2.75) is 48.5 Å². The second-order valence-corrected chi connectivity index (χ2v) is 14.2. The number of aromatic nitrogens is 1. The molecular formula is C37H36N2O6S2. The highest BCUT2D eigenvalue weighted by molar-refractivity contribution is 7.99. The maximum absolute atomic E-state index is 12.9. The van der Waals surface area contributed by atoms with Crippen LogP contribution < -0.4 is 9.45 Å². The maximum Gasteiger partial charge on any atom is 0.251 e. The molecule has 6 rings (SSSR count). The summed E-state index contributed by atoms with van der Waals surface area (Å²) in [5, 5.41) is 22.5. The molecule has 0 spiro atoms. The van der Waals surface area contributed by atoms with E-state index < -0.39 is 16.3 Å². The number of nitrogens with one attached hydrogen (secondary N) is 1. The quantitative estimate of drug-likeness (QED) is 0.0934. The van der Waals surface area contributed by atoms with Gasteiger partial charge < -0.3 is 19.8 Å². The molecule has 4 aromatic carbocycles. The van der Waals surface area contributed by atoms with Crippen LogP contribution in [0.1, 0.15) is 41.6 Å². The average molecular weight is 669 g/mol. The van der Waals surface area contributed by atoms with Gasteiger partial charge in [-0.3, -0.25) is 0 Å². The summed E-state index contributed by atoms with van der Waals surface area (Å²) >= 11 is 1.45. The molecule has 0 saturated carbocycles. The van der Waals surface area contributed by atoms with Crippen molar-refractivity contribution in [3.8, 4) is 11.1 Å². The molecular weight excluding hydrogens is 633 g/mol. The Morgan fingerprint density at radius 2 is 1.51 bits per heavy atom. The van der Waals surface area contributed by atoms with Crippen molar-refractivity contribution in [3.63, 3.8) is 0 Å². The minimum atomic E-state index is -3.66. The molecule has 1 aliphatic heterocycles. The van der Waals surface area contributed by atoms with Crippen LogP contribution in [-0.2, 0) is 32.6 Å². The number of sulfonamides is 1. The monoisotopic (exact) mass is 668 g/mol. The van der Waals surface area contributed by atoms with E-state index in [1.807, 2.05) is 78.9 Å². The van der Waals surface area contributed by atoms with E-state index in [9.17, 15) is 18.7 Å². The molecule has 0 bridgehead atoms. The lowest BCUT2D eigenvalue weighted by molar-refractivity contribution is -0.645. The second-order valence-electron chi connectivity index (χ2n) is 11.4. The molecule has 5 aromatic rings. The Morgan fingerprint density at radius 1 is 0.830 bits per heavy atom. The van der Waals surface area contributed by atoms with Gasteiger partial charge in [0, 0.05) is 35.9 Å². The molecule has 0 amide bonds. The van der Waals surface area contributed by atoms with Gasteiger partial charge in [0.15, 0.2) is 12.5 Å². The summed E-state index contributed by atoms with van der Waals surface area (Å²) in [7, 11) is -3.66. The lowest BCUT2D eigenvalue weighted by Gasteiger charge is -2.41. The smallest absolute Gasteiger partial charge is 0.251 e. The number of rotatable bonds is 11. The Bertz CT molecular complexity index is 1890. The van der Waals surface area contributed by atoms with Crippen molar-refractivity contribution in [1.29, 1.82) is 0 Å². The van der Waals surface area contributed by atoms with Gasteiger partial charge in [-0.05, 0) is 46.0 Å². The summed E-state index contributed by atoms with van der Waals surface area (Å²) in [5.41, 5.74) is 5.34. The van der Waals surface area contributed by atoms with Crippen LogP contribution in [0.2, 0.25) is 0 Å². The zero-order valence-corrected chi connectivity index (χ0v) is 27.4. The summed E-state index contributed by atoms with van der Waals surface area (Å²) in [5.74, 6) is 0.538. The largest absolute Gasteiger partial charge is 0.618 e. The molecule has 1 fully saturated rings. The molecule has 8 nitrogen and oxygen atoms in total. The Hall–Kier alpha value is -4.03. The van der Waals surface area contributed by atoms with E-state index in [0.717, 1.165) is 38.1 Å². The Labute approximate surface area is 279 Å². The third-order valence-corrected chi connectivity index (χ3v) is 10.8. The first-order chi connectivity index (χ1) is 22.8. The van der Waals surface area contributed by atoms with Crippen LogP contribution in [-0.4, -0.2) is 25.4 Å². The second kappa shape index (κ2) is 14.8. The fourth-order valence-electron chi connectivity index (χ4n) is 5.63. The Balaban J connectivity index is 1.23. The first kappa shape index (κ1) is 32.9. The summed E-state index contributed by atoms with van der Waals surface area (Å²) in [6.45, 7) is 2.20. The summed E-state index contributed by atoms with van der Waals surface area (Å²) in [4.78, 5) is 0.221. The van der Waals surface area contributed by atoms with Crippen LogP contribution in [0.5, 0.6) is 0 Å². The fraction of sp³-hybridized carbons (Fsp3) is 0.216. The van der Waals surface area contributed by atoms with Crippen LogP contribution in [0.15, 0.2) is 137 Å². The van der Waals surface area contributed by atoms with Crippen molar-refractivity contribution < 1.29 is 27.7 Å². The van der Waals surface area contributed by atoms with Gasteiger partial charge in [0.05, 0.1) is 23.7 Å². The predicted octanol–water partition coefficient (Wildman–Crippen LogP) is 6.54. The van der Waals surface area contributed by atoms with Gasteiger partial charge in [-0.25, -0.2) is 13.1 Å². The molecule has 1 aromatic heterocycles. The number of aliphatic hydroxyl groups excluding tert-OH is 1. The van der Waals surface area contributed by atoms with Gasteiger partial charge in [0.25, 0.3) is 5.03 Å². The average Bonchev–Trinajstić information content (AvgIpc) is 3.11. The Morgan fingerprint density at radius 3 is 2.23 bits per heavy atom. The molecule has 2 N–H and O–H groups in total. The molecule has 10 heteroatoms. The Kier molecular flexibility index (Phi) is 10.4. The van der Waals surface area contributed by atoms with Crippen molar-refractivity contribution >= 4 is 21.8 Å². The highest BCUT2D eigenvalue weighted by Crippen LogP contribution is 2.43. The van der Waals surface area contributed by atoms with Gasteiger partial charge in [-0.2, -0.15) is 4.73 Å².